The molecule has 3 rings (SSSR count). The minimum atomic E-state index is 0.760. The Bertz CT molecular complexity index is 835. The van der Waals surface area contributed by atoms with Gasteiger partial charge in [0.25, 0.3) is 0 Å². The molecule has 0 spiro atoms. The monoisotopic (exact) mass is 398 g/mol. The van der Waals surface area contributed by atoms with Crippen LogP contribution < -0.4 is 5.73 Å². The average molecular weight is 399 g/mol. The lowest BCUT2D eigenvalue weighted by atomic mass is 9.98. The summed E-state index contributed by atoms with van der Waals surface area (Å²) in [5.74, 6) is 0. The Morgan fingerprint density at radius 2 is 1.84 bits per heavy atom. The first-order valence-electron chi connectivity index (χ1n) is 9.33. The van der Waals surface area contributed by atoms with Gasteiger partial charge in [-0.15, -0.1) is 0 Å². The molecule has 0 aliphatic heterocycles. The topological polar surface area (TPSA) is 41.8 Å². The van der Waals surface area contributed by atoms with Crippen LogP contribution in [0.3, 0.4) is 0 Å². The zero-order valence-corrected chi connectivity index (χ0v) is 16.5. The standard InChI is InChI=1S/C22H27BrN2/c1-2-3-8-16-9-7-13-20-19(12-4-5-14-24)22(25-21(16)20)17-10-6-11-18(23)15-17/h6-7,9-11,13,15,25H,2-5,8,12,14,24H2,1H3. The predicted molar refractivity (Wildman–Crippen MR) is 112 cm³/mol. The molecule has 0 saturated carbocycles. The van der Waals surface area contributed by atoms with Crippen LogP contribution in [0, 0.1) is 0 Å². The second kappa shape index (κ2) is 8.68. The molecule has 0 unspecified atom stereocenters. The number of benzene rings is 2. The summed E-state index contributed by atoms with van der Waals surface area (Å²) in [6, 6.07) is 15.3. The highest BCUT2D eigenvalue weighted by Crippen LogP contribution is 2.34. The number of unbranched alkanes of at least 4 members (excludes halogenated alkanes) is 2. The lowest BCUT2D eigenvalue weighted by Crippen LogP contribution is -1.99. The van der Waals surface area contributed by atoms with Crippen LogP contribution in [0.15, 0.2) is 46.9 Å². The van der Waals surface area contributed by atoms with E-state index in [9.17, 15) is 0 Å². The molecule has 0 atom stereocenters. The van der Waals surface area contributed by atoms with Crippen LogP contribution in [-0.2, 0) is 12.8 Å². The number of halogens is 1. The zero-order chi connectivity index (χ0) is 17.6. The van der Waals surface area contributed by atoms with Crippen molar-refractivity contribution in [3.8, 4) is 11.3 Å². The summed E-state index contributed by atoms with van der Waals surface area (Å²) in [5.41, 5.74) is 12.4. The van der Waals surface area contributed by atoms with Gasteiger partial charge >= 0.3 is 0 Å². The van der Waals surface area contributed by atoms with E-state index < -0.39 is 0 Å². The Labute approximate surface area is 159 Å². The summed E-state index contributed by atoms with van der Waals surface area (Å²) < 4.78 is 1.11. The lowest BCUT2D eigenvalue weighted by molar-refractivity contribution is 0.748. The molecule has 0 aliphatic carbocycles. The van der Waals surface area contributed by atoms with Gasteiger partial charge in [0.05, 0.1) is 0 Å². The van der Waals surface area contributed by atoms with Crippen molar-refractivity contribution in [2.24, 2.45) is 5.73 Å². The average Bonchev–Trinajstić information content (AvgIpc) is 2.99. The Kier molecular flexibility index (Phi) is 6.33. The van der Waals surface area contributed by atoms with E-state index in [4.69, 9.17) is 5.73 Å². The first-order valence-corrected chi connectivity index (χ1v) is 10.1. The van der Waals surface area contributed by atoms with E-state index in [1.54, 1.807) is 0 Å². The minimum Gasteiger partial charge on any atom is -0.354 e. The van der Waals surface area contributed by atoms with Gasteiger partial charge in [0.15, 0.2) is 0 Å². The Hall–Kier alpha value is -1.58. The number of fused-ring (bicyclic) bond motifs is 1. The molecular weight excluding hydrogens is 372 g/mol. The van der Waals surface area contributed by atoms with Crippen molar-refractivity contribution in [1.82, 2.24) is 4.98 Å². The van der Waals surface area contributed by atoms with E-state index in [0.717, 1.165) is 36.7 Å². The van der Waals surface area contributed by atoms with Crippen molar-refractivity contribution in [3.05, 3.63) is 58.1 Å². The molecule has 0 bridgehead atoms. The molecule has 25 heavy (non-hydrogen) atoms. The molecule has 2 aromatic carbocycles. The minimum absolute atomic E-state index is 0.760. The summed E-state index contributed by atoms with van der Waals surface area (Å²) >= 11 is 3.61. The molecule has 0 radical (unpaired) electrons. The number of rotatable bonds is 8. The third-order valence-electron chi connectivity index (χ3n) is 4.82. The van der Waals surface area contributed by atoms with Crippen molar-refractivity contribution in [2.75, 3.05) is 6.54 Å². The molecule has 132 valence electrons. The quantitative estimate of drug-likeness (QED) is 0.434. The Balaban J connectivity index is 2.11. The molecule has 3 heteroatoms. The fourth-order valence-corrected chi connectivity index (χ4v) is 3.91. The lowest BCUT2D eigenvalue weighted by Gasteiger charge is -2.06. The number of nitrogens with one attached hydrogen (secondary N) is 1. The number of aryl methyl sites for hydroxylation is 2. The summed E-state index contributed by atoms with van der Waals surface area (Å²) in [6.45, 7) is 3.01. The largest absolute Gasteiger partial charge is 0.354 e. The first kappa shape index (κ1) is 18.2. The third kappa shape index (κ3) is 4.16. The van der Waals surface area contributed by atoms with Gasteiger partial charge in [-0.2, -0.15) is 0 Å². The highest BCUT2D eigenvalue weighted by molar-refractivity contribution is 9.10. The van der Waals surface area contributed by atoms with E-state index in [2.05, 4.69) is 70.3 Å². The second-order valence-corrected chi connectivity index (χ2v) is 7.59. The molecule has 1 heterocycles. The van der Waals surface area contributed by atoms with Gasteiger partial charge in [0, 0.05) is 21.1 Å². The van der Waals surface area contributed by atoms with Gasteiger partial charge in [-0.05, 0) is 67.5 Å². The summed E-state index contributed by atoms with van der Waals surface area (Å²) in [4.78, 5) is 3.76. The molecule has 3 N–H and O–H groups in total. The number of nitrogens with two attached hydrogens (primary N) is 1. The van der Waals surface area contributed by atoms with Crippen molar-refractivity contribution < 1.29 is 0 Å². The number of hydrogen-bond donors (Lipinski definition) is 2. The maximum Gasteiger partial charge on any atom is 0.0497 e. The van der Waals surface area contributed by atoms with Crippen LogP contribution in [0.5, 0.6) is 0 Å². The van der Waals surface area contributed by atoms with Crippen molar-refractivity contribution in [3.63, 3.8) is 0 Å². The smallest absolute Gasteiger partial charge is 0.0497 e. The fourth-order valence-electron chi connectivity index (χ4n) is 3.51. The van der Waals surface area contributed by atoms with Crippen LogP contribution in [0.1, 0.15) is 43.7 Å². The van der Waals surface area contributed by atoms with Crippen LogP contribution in [0.25, 0.3) is 22.2 Å². The molecule has 1 aromatic heterocycles. The van der Waals surface area contributed by atoms with E-state index in [1.165, 1.54) is 46.1 Å². The SMILES string of the molecule is CCCCc1cccc2c(CCCCN)c(-c3cccc(Br)c3)[nH]c12. The molecule has 0 aliphatic rings. The molecule has 3 aromatic rings. The highest BCUT2D eigenvalue weighted by atomic mass is 79.9. The van der Waals surface area contributed by atoms with Crippen molar-refractivity contribution in [1.29, 1.82) is 0 Å². The van der Waals surface area contributed by atoms with E-state index in [-0.39, 0.29) is 0 Å². The predicted octanol–water partition coefficient (Wildman–Crippen LogP) is 6.22. The second-order valence-electron chi connectivity index (χ2n) is 6.68. The molecule has 0 saturated heterocycles. The van der Waals surface area contributed by atoms with Crippen LogP contribution in [0.2, 0.25) is 0 Å². The molecule has 0 fully saturated rings. The van der Waals surface area contributed by atoms with Gasteiger partial charge in [-0.3, -0.25) is 0 Å². The van der Waals surface area contributed by atoms with Gasteiger partial charge in [-0.1, -0.05) is 59.6 Å². The normalized spacial score (nSPS) is 11.3. The number of para-hydroxylation sites is 1. The number of aromatic nitrogens is 1. The van der Waals surface area contributed by atoms with Gasteiger partial charge in [0.2, 0.25) is 0 Å². The summed E-state index contributed by atoms with van der Waals surface area (Å²) in [5, 5.41) is 1.38. The summed E-state index contributed by atoms with van der Waals surface area (Å²) in [7, 11) is 0. The van der Waals surface area contributed by atoms with Crippen LogP contribution in [0.4, 0.5) is 0 Å². The van der Waals surface area contributed by atoms with Gasteiger partial charge in [-0.25, -0.2) is 0 Å². The highest BCUT2D eigenvalue weighted by Gasteiger charge is 2.15. The van der Waals surface area contributed by atoms with Gasteiger partial charge < -0.3 is 10.7 Å². The maximum absolute atomic E-state index is 5.71. The molecule has 0 amide bonds. The molecular formula is C22H27BrN2. The maximum atomic E-state index is 5.71. The van der Waals surface area contributed by atoms with Crippen molar-refractivity contribution in [2.45, 2.75) is 45.4 Å². The van der Waals surface area contributed by atoms with Crippen LogP contribution >= 0.6 is 15.9 Å². The first-order chi connectivity index (χ1) is 12.2. The fraction of sp³-hybridized carbons (Fsp3) is 0.364. The Morgan fingerprint density at radius 3 is 2.60 bits per heavy atom. The number of aromatic amines is 1. The van der Waals surface area contributed by atoms with E-state index in [1.807, 2.05) is 0 Å². The van der Waals surface area contributed by atoms with Crippen LogP contribution in [-0.4, -0.2) is 11.5 Å². The van der Waals surface area contributed by atoms with Crippen molar-refractivity contribution >= 4 is 26.8 Å². The Morgan fingerprint density at radius 1 is 1.00 bits per heavy atom. The number of hydrogen-bond acceptors (Lipinski definition) is 1. The van der Waals surface area contributed by atoms with E-state index >= 15 is 0 Å². The van der Waals surface area contributed by atoms with E-state index in [0.29, 0.717) is 0 Å². The zero-order valence-electron chi connectivity index (χ0n) is 14.9. The molecule has 2 nitrogen and oxygen atoms in total. The number of H-pyrrole nitrogens is 1. The third-order valence-corrected chi connectivity index (χ3v) is 5.31. The van der Waals surface area contributed by atoms with Gasteiger partial charge in [0.1, 0.15) is 0 Å². The summed E-state index contributed by atoms with van der Waals surface area (Å²) in [6.07, 6.45) is 6.85.